The molecule has 0 amide bonds. The fraction of sp³-hybridized carbons (Fsp3) is 0.727. The zero-order chi connectivity index (χ0) is 11.5. The van der Waals surface area contributed by atoms with Gasteiger partial charge in [0.05, 0.1) is 5.54 Å². The minimum absolute atomic E-state index is 0.148. The van der Waals surface area contributed by atoms with Crippen LogP contribution in [-0.4, -0.2) is 20.5 Å². The summed E-state index contributed by atoms with van der Waals surface area (Å²) >= 11 is 0. The number of hydrogen-bond acceptors (Lipinski definition) is 3. The first-order chi connectivity index (χ1) is 6.79. The molecule has 0 spiro atoms. The second-order valence-electron chi connectivity index (χ2n) is 5.55. The van der Waals surface area contributed by atoms with Gasteiger partial charge in [-0.1, -0.05) is 20.8 Å². The van der Waals surface area contributed by atoms with E-state index in [0.29, 0.717) is 5.62 Å². The molecule has 82 valence electrons. The van der Waals surface area contributed by atoms with E-state index in [4.69, 9.17) is 0 Å². The minimum Gasteiger partial charge on any atom is -0.306 e. The number of nitrogens with one attached hydrogen (secondary N) is 1. The highest BCUT2D eigenvalue weighted by molar-refractivity contribution is 4.83. The summed E-state index contributed by atoms with van der Waals surface area (Å²) in [6.07, 6.45) is 6.01. The first-order valence-corrected chi connectivity index (χ1v) is 5.05. The van der Waals surface area contributed by atoms with Gasteiger partial charge in [-0.05, 0) is 25.7 Å². The largest absolute Gasteiger partial charge is 0.306 e. The molecule has 2 radical (unpaired) electrons. The average Bonchev–Trinajstić information content (AvgIpc) is 1.99. The molecule has 0 saturated heterocycles. The topological polar surface area (TPSA) is 53.9 Å². The lowest BCUT2D eigenvalue weighted by Crippen LogP contribution is -2.29. The Morgan fingerprint density at radius 1 is 1.27 bits per heavy atom. The summed E-state index contributed by atoms with van der Waals surface area (Å²) in [6.45, 7) is 10.8. The lowest BCUT2D eigenvalue weighted by molar-refractivity contribution is 0.283. The first kappa shape index (κ1) is 11.9. The van der Waals surface area contributed by atoms with Crippen LogP contribution in [0.25, 0.3) is 0 Å². The molecule has 0 atom stereocenters. The molecular weight excluding hydrogens is 188 g/mol. The molecule has 0 bridgehead atoms. The van der Waals surface area contributed by atoms with Gasteiger partial charge in [0.2, 0.25) is 11.9 Å². The van der Waals surface area contributed by atoms with Gasteiger partial charge in [0.1, 0.15) is 0 Å². The highest BCUT2D eigenvalue weighted by atomic mass is 15.0. The Hall–Kier alpha value is -1.19. The van der Waals surface area contributed by atoms with Gasteiger partial charge < -0.3 is 4.98 Å². The summed E-state index contributed by atoms with van der Waals surface area (Å²) < 4.78 is 0. The van der Waals surface area contributed by atoms with E-state index in [1.165, 1.54) is 0 Å². The highest BCUT2D eigenvalue weighted by Gasteiger charge is 2.24. The van der Waals surface area contributed by atoms with Crippen molar-refractivity contribution in [3.05, 3.63) is 18.3 Å². The number of hydrogen-bond donors (Lipinski definition) is 1. The van der Waals surface area contributed by atoms with Crippen molar-refractivity contribution in [3.8, 4) is 0 Å². The van der Waals surface area contributed by atoms with Crippen molar-refractivity contribution in [3.63, 3.8) is 0 Å². The zero-order valence-corrected chi connectivity index (χ0v) is 10.0. The maximum atomic E-state index is 4.51. The summed E-state index contributed by atoms with van der Waals surface area (Å²) in [4.78, 5) is 14.7. The monoisotopic (exact) mass is 206 g/mol. The Kier molecular flexibility index (Phi) is 3.27. The number of H-pyrrole nitrogens is 1. The quantitative estimate of drug-likeness (QED) is 0.797. The van der Waals surface area contributed by atoms with Gasteiger partial charge in [0.15, 0.2) is 6.33 Å². The first-order valence-electron chi connectivity index (χ1n) is 5.05. The van der Waals surface area contributed by atoms with Crippen LogP contribution in [-0.2, 0) is 0 Å². The predicted molar refractivity (Wildman–Crippen MR) is 57.8 cm³/mol. The fourth-order valence-electron chi connectivity index (χ4n) is 1.88. The third-order valence-corrected chi connectivity index (χ3v) is 1.80. The average molecular weight is 206 g/mol. The summed E-state index contributed by atoms with van der Waals surface area (Å²) in [6, 6.07) is 0. The molecule has 0 aliphatic carbocycles. The molecule has 0 aliphatic rings. The Balaban J connectivity index is 2.90. The molecule has 1 rings (SSSR count). The molecule has 0 aliphatic heterocycles. The molecular formula is C11H18N4. The highest BCUT2D eigenvalue weighted by Crippen LogP contribution is 2.28. The maximum Gasteiger partial charge on any atom is 0.226 e. The number of aromatic amines is 1. The Morgan fingerprint density at radius 3 is 2.40 bits per heavy atom. The standard InChI is InChI=1S/C11H18N4/c1-10(2,3)6-11(4,5)15-9-13-7-12-8-14-9/h6H2,1-5H3,(H,12,13,14,15). The molecule has 4 nitrogen and oxygen atoms in total. The molecule has 1 aromatic rings. The molecule has 1 heterocycles. The van der Waals surface area contributed by atoms with E-state index in [2.05, 4.69) is 67.2 Å². The van der Waals surface area contributed by atoms with E-state index in [1.807, 2.05) is 0 Å². The van der Waals surface area contributed by atoms with Crippen LogP contribution in [0.1, 0.15) is 41.0 Å². The van der Waals surface area contributed by atoms with Crippen molar-refractivity contribution >= 4 is 0 Å². The molecule has 0 aromatic carbocycles. The molecule has 0 fully saturated rings. The van der Waals surface area contributed by atoms with Crippen LogP contribution in [0.15, 0.2) is 4.99 Å². The van der Waals surface area contributed by atoms with Crippen LogP contribution in [0, 0.1) is 18.1 Å². The van der Waals surface area contributed by atoms with Crippen molar-refractivity contribution in [1.82, 2.24) is 15.0 Å². The third kappa shape index (κ3) is 4.72. The number of aromatic nitrogens is 3. The van der Waals surface area contributed by atoms with Crippen molar-refractivity contribution in [2.75, 3.05) is 0 Å². The van der Waals surface area contributed by atoms with Gasteiger partial charge in [0, 0.05) is 0 Å². The van der Waals surface area contributed by atoms with Crippen LogP contribution in [0.2, 0.25) is 0 Å². The van der Waals surface area contributed by atoms with Gasteiger partial charge in [-0.2, -0.15) is 4.98 Å². The SMILES string of the molecule is CC(C)(C)CC(C)(C)/N=c1\n[c]n[c][nH]1. The second-order valence-corrected chi connectivity index (χ2v) is 5.55. The lowest BCUT2D eigenvalue weighted by atomic mass is 9.82. The number of rotatable bonds is 2. The van der Waals surface area contributed by atoms with Gasteiger partial charge in [-0.25, -0.2) is 9.98 Å². The fourth-order valence-corrected chi connectivity index (χ4v) is 1.88. The van der Waals surface area contributed by atoms with Crippen molar-refractivity contribution in [1.29, 1.82) is 0 Å². The van der Waals surface area contributed by atoms with Crippen LogP contribution >= 0.6 is 0 Å². The smallest absolute Gasteiger partial charge is 0.226 e. The molecule has 4 heteroatoms. The van der Waals surface area contributed by atoms with E-state index in [1.54, 1.807) is 0 Å². The molecule has 1 N–H and O–H groups in total. The second kappa shape index (κ2) is 4.13. The van der Waals surface area contributed by atoms with E-state index in [0.717, 1.165) is 6.42 Å². The van der Waals surface area contributed by atoms with Crippen LogP contribution < -0.4 is 5.62 Å². The third-order valence-electron chi connectivity index (χ3n) is 1.80. The predicted octanol–water partition coefficient (Wildman–Crippen LogP) is 1.52. The van der Waals surface area contributed by atoms with Crippen LogP contribution in [0.4, 0.5) is 0 Å². The normalized spacial score (nSPS) is 14.3. The Morgan fingerprint density at radius 2 is 1.93 bits per heavy atom. The van der Waals surface area contributed by atoms with Gasteiger partial charge >= 0.3 is 0 Å². The molecule has 15 heavy (non-hydrogen) atoms. The van der Waals surface area contributed by atoms with Crippen LogP contribution in [0.3, 0.4) is 0 Å². The lowest BCUT2D eigenvalue weighted by Gasteiger charge is -2.28. The molecule has 1 aromatic heterocycles. The molecule has 0 unspecified atom stereocenters. The van der Waals surface area contributed by atoms with Crippen molar-refractivity contribution < 1.29 is 0 Å². The van der Waals surface area contributed by atoms with E-state index < -0.39 is 0 Å². The van der Waals surface area contributed by atoms with Crippen LogP contribution in [0.5, 0.6) is 0 Å². The van der Waals surface area contributed by atoms with Gasteiger partial charge in [-0.15, -0.1) is 0 Å². The summed E-state index contributed by atoms with van der Waals surface area (Å²) in [5.74, 6) is 0. The summed E-state index contributed by atoms with van der Waals surface area (Å²) in [7, 11) is 0. The van der Waals surface area contributed by atoms with Crippen molar-refractivity contribution in [2.45, 2.75) is 46.6 Å². The Labute approximate surface area is 90.9 Å². The van der Waals surface area contributed by atoms with Gasteiger partial charge in [0.25, 0.3) is 0 Å². The van der Waals surface area contributed by atoms with Gasteiger partial charge in [-0.3, -0.25) is 0 Å². The zero-order valence-electron chi connectivity index (χ0n) is 10.0. The minimum atomic E-state index is -0.148. The summed E-state index contributed by atoms with van der Waals surface area (Å²) in [5, 5.41) is 0. The molecule has 0 saturated carbocycles. The number of nitrogens with zero attached hydrogens (tertiary/aromatic N) is 3. The van der Waals surface area contributed by atoms with E-state index >= 15 is 0 Å². The Bertz CT molecular complexity index is 353. The van der Waals surface area contributed by atoms with Crippen molar-refractivity contribution in [2.24, 2.45) is 10.4 Å². The summed E-state index contributed by atoms with van der Waals surface area (Å²) in [5.41, 5.74) is 0.623. The maximum absolute atomic E-state index is 4.51. The van der Waals surface area contributed by atoms with E-state index in [9.17, 15) is 0 Å². The van der Waals surface area contributed by atoms with E-state index in [-0.39, 0.29) is 11.0 Å².